The van der Waals surface area contributed by atoms with E-state index in [2.05, 4.69) is 17.3 Å². The van der Waals surface area contributed by atoms with E-state index in [0.29, 0.717) is 0 Å². The van der Waals surface area contributed by atoms with Crippen molar-refractivity contribution in [1.29, 1.82) is 0 Å². The van der Waals surface area contributed by atoms with Crippen LogP contribution >= 0.6 is 12.2 Å². The Kier molecular flexibility index (Phi) is 2.88. The van der Waals surface area contributed by atoms with Crippen LogP contribution in [-0.2, 0) is 6.54 Å². The fourth-order valence-electron chi connectivity index (χ4n) is 0.829. The summed E-state index contributed by atoms with van der Waals surface area (Å²) < 4.78 is 59.6. The maximum atomic E-state index is 12.1. The fourth-order valence-corrected chi connectivity index (χ4v) is 1.03. The summed E-state index contributed by atoms with van der Waals surface area (Å²) in [6, 6.07) is 0. The van der Waals surface area contributed by atoms with E-state index in [1.165, 1.54) is 0 Å². The van der Waals surface area contributed by atoms with Gasteiger partial charge >= 0.3 is 6.18 Å². The number of hydrogen-bond acceptors (Lipinski definition) is 2. The molecule has 0 saturated heterocycles. The highest BCUT2D eigenvalue weighted by Gasteiger charge is 2.31. The molecule has 0 aliphatic rings. The lowest BCUT2D eigenvalue weighted by Gasteiger charge is -2.08. The summed E-state index contributed by atoms with van der Waals surface area (Å²) in [6.45, 7) is -1.57. The van der Waals surface area contributed by atoms with Crippen molar-refractivity contribution in [2.24, 2.45) is 0 Å². The molecule has 80 valence electrons. The zero-order chi connectivity index (χ0) is 10.9. The van der Waals surface area contributed by atoms with E-state index in [-0.39, 0.29) is 4.57 Å². The van der Waals surface area contributed by atoms with Gasteiger partial charge in [-0.2, -0.15) is 18.3 Å². The number of alkyl halides is 5. The minimum atomic E-state index is -4.61. The molecule has 0 spiro atoms. The Bertz CT molecular complexity index is 364. The van der Waals surface area contributed by atoms with Crippen LogP contribution in [0.4, 0.5) is 22.0 Å². The van der Waals surface area contributed by atoms with Gasteiger partial charge in [0.05, 0.1) is 0 Å². The van der Waals surface area contributed by atoms with Gasteiger partial charge in [0, 0.05) is 0 Å². The molecule has 1 heterocycles. The van der Waals surface area contributed by atoms with E-state index in [4.69, 9.17) is 0 Å². The van der Waals surface area contributed by atoms with Crippen LogP contribution in [-0.4, -0.2) is 20.9 Å². The SMILES string of the molecule is FC(F)c1n[nH]c(=S)n1CC(F)(F)F. The maximum absolute atomic E-state index is 12.1. The van der Waals surface area contributed by atoms with Crippen LogP contribution in [0.2, 0.25) is 0 Å². The van der Waals surface area contributed by atoms with Gasteiger partial charge in [-0.25, -0.2) is 8.78 Å². The number of hydrogen-bond donors (Lipinski definition) is 1. The molecular formula is C5H4F5N3S. The quantitative estimate of drug-likeness (QED) is 0.628. The Labute approximate surface area is 79.5 Å². The second-order valence-corrected chi connectivity index (χ2v) is 2.78. The second-order valence-electron chi connectivity index (χ2n) is 2.39. The van der Waals surface area contributed by atoms with Crippen LogP contribution < -0.4 is 0 Å². The largest absolute Gasteiger partial charge is 0.406 e. The Morgan fingerprint density at radius 3 is 2.43 bits per heavy atom. The molecule has 0 amide bonds. The van der Waals surface area contributed by atoms with Gasteiger partial charge in [0.15, 0.2) is 10.6 Å². The highest BCUT2D eigenvalue weighted by atomic mass is 32.1. The van der Waals surface area contributed by atoms with Crippen LogP contribution in [0.1, 0.15) is 12.2 Å². The molecule has 0 radical (unpaired) electrons. The summed E-state index contributed by atoms with van der Waals surface area (Å²) in [5, 5.41) is 4.87. The number of H-pyrrole nitrogens is 1. The molecule has 0 saturated carbocycles. The van der Waals surface area contributed by atoms with Crippen LogP contribution in [0.5, 0.6) is 0 Å². The number of nitrogens with zero attached hydrogens (tertiary/aromatic N) is 2. The molecule has 3 nitrogen and oxygen atoms in total. The monoisotopic (exact) mass is 233 g/mol. The number of aromatic nitrogens is 3. The summed E-state index contributed by atoms with van der Waals surface area (Å²) in [5.41, 5.74) is 0. The third-order valence-corrected chi connectivity index (χ3v) is 1.63. The molecule has 0 aromatic carbocycles. The predicted molar refractivity (Wildman–Crippen MR) is 38.4 cm³/mol. The molecule has 0 aliphatic heterocycles. The average Bonchev–Trinajstić information content (AvgIpc) is 2.29. The maximum Gasteiger partial charge on any atom is 0.406 e. The van der Waals surface area contributed by atoms with Gasteiger partial charge in [0.25, 0.3) is 6.43 Å². The molecule has 14 heavy (non-hydrogen) atoms. The molecule has 0 unspecified atom stereocenters. The van der Waals surface area contributed by atoms with E-state index in [9.17, 15) is 22.0 Å². The lowest BCUT2D eigenvalue weighted by molar-refractivity contribution is -0.142. The van der Waals surface area contributed by atoms with Crippen molar-refractivity contribution >= 4 is 12.2 Å². The van der Waals surface area contributed by atoms with E-state index in [0.717, 1.165) is 0 Å². The molecule has 0 bridgehead atoms. The Balaban J connectivity index is 3.06. The van der Waals surface area contributed by atoms with Crippen LogP contribution in [0.15, 0.2) is 0 Å². The molecule has 0 atom stereocenters. The first-order valence-electron chi connectivity index (χ1n) is 3.31. The topological polar surface area (TPSA) is 33.6 Å². The van der Waals surface area contributed by atoms with Crippen molar-refractivity contribution in [3.8, 4) is 0 Å². The highest BCUT2D eigenvalue weighted by molar-refractivity contribution is 7.71. The highest BCUT2D eigenvalue weighted by Crippen LogP contribution is 2.22. The summed E-state index contributed by atoms with van der Waals surface area (Å²) in [5.74, 6) is -1.01. The number of rotatable bonds is 2. The van der Waals surface area contributed by atoms with Crippen LogP contribution in [0.3, 0.4) is 0 Å². The molecule has 1 rings (SSSR count). The first-order valence-corrected chi connectivity index (χ1v) is 3.72. The average molecular weight is 233 g/mol. The van der Waals surface area contributed by atoms with E-state index >= 15 is 0 Å². The summed E-state index contributed by atoms with van der Waals surface area (Å²) >= 11 is 4.37. The summed E-state index contributed by atoms with van der Waals surface area (Å²) in [4.78, 5) is 0. The fraction of sp³-hybridized carbons (Fsp3) is 0.600. The van der Waals surface area contributed by atoms with Gasteiger partial charge in [-0.05, 0) is 12.2 Å². The van der Waals surface area contributed by atoms with Gasteiger partial charge in [-0.3, -0.25) is 9.67 Å². The van der Waals surface area contributed by atoms with Crippen LogP contribution in [0, 0.1) is 4.77 Å². The molecular weight excluding hydrogens is 229 g/mol. The Morgan fingerprint density at radius 1 is 1.43 bits per heavy atom. The Morgan fingerprint density at radius 2 is 2.00 bits per heavy atom. The van der Waals surface area contributed by atoms with Crippen molar-refractivity contribution in [3.63, 3.8) is 0 Å². The number of halogens is 5. The lowest BCUT2D eigenvalue weighted by Crippen LogP contribution is -2.19. The van der Waals surface area contributed by atoms with Crippen molar-refractivity contribution in [2.75, 3.05) is 0 Å². The molecule has 1 aromatic heterocycles. The van der Waals surface area contributed by atoms with Gasteiger partial charge in [-0.1, -0.05) is 0 Å². The van der Waals surface area contributed by atoms with E-state index in [1.54, 1.807) is 0 Å². The van der Waals surface area contributed by atoms with E-state index in [1.807, 2.05) is 5.10 Å². The first-order chi connectivity index (χ1) is 6.31. The smallest absolute Gasteiger partial charge is 0.290 e. The van der Waals surface area contributed by atoms with Gasteiger partial charge in [0.2, 0.25) is 0 Å². The third kappa shape index (κ3) is 2.50. The van der Waals surface area contributed by atoms with E-state index < -0.39 is 29.7 Å². The van der Waals surface area contributed by atoms with Crippen molar-refractivity contribution in [2.45, 2.75) is 19.1 Å². The van der Waals surface area contributed by atoms with Crippen molar-refractivity contribution in [3.05, 3.63) is 10.6 Å². The minimum absolute atomic E-state index is 0.222. The number of aromatic amines is 1. The zero-order valence-electron chi connectivity index (χ0n) is 6.48. The van der Waals surface area contributed by atoms with Gasteiger partial charge in [0.1, 0.15) is 6.54 Å². The lowest BCUT2D eigenvalue weighted by atomic mass is 10.5. The van der Waals surface area contributed by atoms with Crippen molar-refractivity contribution in [1.82, 2.24) is 14.8 Å². The summed E-state index contributed by atoms with van der Waals surface area (Å²) in [6.07, 6.45) is -7.70. The molecule has 9 heteroatoms. The molecule has 0 aliphatic carbocycles. The predicted octanol–water partition coefficient (Wildman–Crippen LogP) is 2.44. The molecule has 1 N–H and O–H groups in total. The van der Waals surface area contributed by atoms with Gasteiger partial charge in [-0.15, -0.1) is 0 Å². The Hall–Kier alpha value is -0.990. The molecule has 0 fully saturated rings. The molecule has 1 aromatic rings. The minimum Gasteiger partial charge on any atom is -0.290 e. The normalized spacial score (nSPS) is 12.4. The third-order valence-electron chi connectivity index (χ3n) is 1.32. The second kappa shape index (κ2) is 3.64. The van der Waals surface area contributed by atoms with Crippen molar-refractivity contribution < 1.29 is 22.0 Å². The van der Waals surface area contributed by atoms with Gasteiger partial charge < -0.3 is 0 Å². The summed E-state index contributed by atoms with van der Waals surface area (Å²) in [7, 11) is 0. The zero-order valence-corrected chi connectivity index (χ0v) is 7.29. The van der Waals surface area contributed by atoms with Crippen LogP contribution in [0.25, 0.3) is 0 Å². The first kappa shape index (κ1) is 11.1. The number of nitrogens with one attached hydrogen (secondary N) is 1. The standard InChI is InChI=1S/C5H4F5N3S/c6-2(7)3-11-12-4(14)13(3)1-5(8,9)10/h2H,1H2,(H,12,14).